The number of benzene rings is 2. The topological polar surface area (TPSA) is 81.5 Å². The fraction of sp³-hybridized carbons (Fsp3) is 0.278. The van der Waals surface area contributed by atoms with Crippen LogP contribution in [0.25, 0.3) is 0 Å². The van der Waals surface area contributed by atoms with E-state index in [0.29, 0.717) is 5.75 Å². The van der Waals surface area contributed by atoms with E-state index in [1.165, 1.54) is 23.8 Å². The Labute approximate surface area is 139 Å². The standard InChI is InChI=1S/C18H18N2O4/c21-18(12-24-15-8-4-7-14(11-15)20(22)23)19-17-10-3-6-13-5-1-2-9-16(13)17/h1-2,4-5,7-9,11,17H,3,6,10,12H2,(H,19,21)/t17-/m1/s1. The zero-order valence-corrected chi connectivity index (χ0v) is 13.1. The number of nitro benzene ring substituents is 1. The Morgan fingerprint density at radius 3 is 2.92 bits per heavy atom. The summed E-state index contributed by atoms with van der Waals surface area (Å²) < 4.78 is 5.37. The zero-order valence-electron chi connectivity index (χ0n) is 13.1. The lowest BCUT2D eigenvalue weighted by Crippen LogP contribution is -2.34. The molecule has 24 heavy (non-hydrogen) atoms. The van der Waals surface area contributed by atoms with Crippen molar-refractivity contribution in [3.63, 3.8) is 0 Å². The first-order valence-corrected chi connectivity index (χ1v) is 7.88. The molecule has 2 aromatic rings. The number of hydrogen-bond donors (Lipinski definition) is 1. The van der Waals surface area contributed by atoms with Gasteiger partial charge in [0, 0.05) is 6.07 Å². The molecule has 124 valence electrons. The number of ether oxygens (including phenoxy) is 1. The molecule has 0 radical (unpaired) electrons. The Bertz CT molecular complexity index is 760. The van der Waals surface area contributed by atoms with Crippen LogP contribution in [0, 0.1) is 10.1 Å². The third-order valence-corrected chi connectivity index (χ3v) is 4.10. The second-order valence-electron chi connectivity index (χ2n) is 5.75. The van der Waals surface area contributed by atoms with Crippen LogP contribution in [0.2, 0.25) is 0 Å². The summed E-state index contributed by atoms with van der Waals surface area (Å²) in [7, 11) is 0. The van der Waals surface area contributed by atoms with Crippen LogP contribution in [-0.2, 0) is 11.2 Å². The number of non-ortho nitro benzene ring substituents is 1. The lowest BCUT2D eigenvalue weighted by molar-refractivity contribution is -0.384. The predicted octanol–water partition coefficient (Wildman–Crippen LogP) is 3.17. The van der Waals surface area contributed by atoms with Crippen LogP contribution in [0.15, 0.2) is 48.5 Å². The molecular formula is C18H18N2O4. The quantitative estimate of drug-likeness (QED) is 0.676. The third-order valence-electron chi connectivity index (χ3n) is 4.10. The van der Waals surface area contributed by atoms with Gasteiger partial charge < -0.3 is 10.1 Å². The van der Waals surface area contributed by atoms with E-state index < -0.39 is 4.92 Å². The maximum atomic E-state index is 12.1. The van der Waals surface area contributed by atoms with Crippen molar-refractivity contribution < 1.29 is 14.5 Å². The molecule has 0 saturated carbocycles. The van der Waals surface area contributed by atoms with Gasteiger partial charge in [0.1, 0.15) is 5.75 Å². The molecule has 0 aromatic heterocycles. The molecular weight excluding hydrogens is 308 g/mol. The predicted molar refractivity (Wildman–Crippen MR) is 88.9 cm³/mol. The van der Waals surface area contributed by atoms with Crippen molar-refractivity contribution in [1.82, 2.24) is 5.32 Å². The fourth-order valence-electron chi connectivity index (χ4n) is 2.98. The molecule has 0 saturated heterocycles. The number of carbonyl (C=O) groups is 1. The molecule has 1 atom stereocenters. The van der Waals surface area contributed by atoms with Gasteiger partial charge in [-0.3, -0.25) is 14.9 Å². The molecule has 1 aliphatic rings. The minimum absolute atomic E-state index is 0.00356. The maximum Gasteiger partial charge on any atom is 0.273 e. The molecule has 0 spiro atoms. The van der Waals surface area contributed by atoms with Crippen LogP contribution < -0.4 is 10.1 Å². The Hall–Kier alpha value is -2.89. The molecule has 0 heterocycles. The SMILES string of the molecule is O=C(COc1cccc([N+](=O)[O-])c1)N[C@@H]1CCCc2ccccc21. The van der Waals surface area contributed by atoms with Crippen molar-refractivity contribution in [3.8, 4) is 5.75 Å². The van der Waals surface area contributed by atoms with Gasteiger partial charge in [-0.1, -0.05) is 30.3 Å². The van der Waals surface area contributed by atoms with E-state index in [-0.39, 0.29) is 24.2 Å². The molecule has 3 rings (SSSR count). The number of nitro groups is 1. The van der Waals surface area contributed by atoms with Crippen molar-refractivity contribution in [1.29, 1.82) is 0 Å². The first-order valence-electron chi connectivity index (χ1n) is 7.88. The molecule has 0 bridgehead atoms. The molecule has 6 nitrogen and oxygen atoms in total. The highest BCUT2D eigenvalue weighted by molar-refractivity contribution is 5.78. The minimum atomic E-state index is -0.494. The first kappa shape index (κ1) is 16.0. The van der Waals surface area contributed by atoms with Gasteiger partial charge in [-0.05, 0) is 36.5 Å². The number of amides is 1. The average molecular weight is 326 g/mol. The highest BCUT2D eigenvalue weighted by Crippen LogP contribution is 2.29. The zero-order chi connectivity index (χ0) is 16.9. The summed E-state index contributed by atoms with van der Waals surface area (Å²) >= 11 is 0. The van der Waals surface area contributed by atoms with Crippen molar-refractivity contribution in [2.45, 2.75) is 25.3 Å². The van der Waals surface area contributed by atoms with Gasteiger partial charge in [-0.25, -0.2) is 0 Å². The molecule has 6 heteroatoms. The minimum Gasteiger partial charge on any atom is -0.484 e. The van der Waals surface area contributed by atoms with Crippen molar-refractivity contribution in [2.75, 3.05) is 6.61 Å². The van der Waals surface area contributed by atoms with Crippen LogP contribution in [-0.4, -0.2) is 17.4 Å². The smallest absolute Gasteiger partial charge is 0.273 e. The number of nitrogens with one attached hydrogen (secondary N) is 1. The fourth-order valence-corrected chi connectivity index (χ4v) is 2.98. The van der Waals surface area contributed by atoms with E-state index in [1.807, 2.05) is 18.2 Å². The summed E-state index contributed by atoms with van der Waals surface area (Å²) in [5.74, 6) is 0.0756. The van der Waals surface area contributed by atoms with Gasteiger partial charge in [0.05, 0.1) is 17.0 Å². The molecule has 0 aliphatic heterocycles. The highest BCUT2D eigenvalue weighted by Gasteiger charge is 2.21. The summed E-state index contributed by atoms with van der Waals surface area (Å²) in [5, 5.41) is 13.7. The van der Waals surface area contributed by atoms with Crippen molar-refractivity contribution in [3.05, 3.63) is 69.8 Å². The van der Waals surface area contributed by atoms with Crippen LogP contribution in [0.5, 0.6) is 5.75 Å². The van der Waals surface area contributed by atoms with Gasteiger partial charge in [0.15, 0.2) is 6.61 Å². The molecule has 2 aromatic carbocycles. The van der Waals surface area contributed by atoms with E-state index >= 15 is 0 Å². The largest absolute Gasteiger partial charge is 0.484 e. The molecule has 1 N–H and O–H groups in total. The summed E-state index contributed by atoms with van der Waals surface area (Å²) in [6.07, 6.45) is 2.97. The number of rotatable bonds is 5. The van der Waals surface area contributed by atoms with E-state index in [9.17, 15) is 14.9 Å². The molecule has 1 amide bonds. The van der Waals surface area contributed by atoms with Gasteiger partial charge in [0.2, 0.25) is 0 Å². The Kier molecular flexibility index (Phi) is 4.74. The lowest BCUT2D eigenvalue weighted by atomic mass is 9.88. The summed E-state index contributed by atoms with van der Waals surface area (Å²) in [6, 6.07) is 13.9. The highest BCUT2D eigenvalue weighted by atomic mass is 16.6. The second kappa shape index (κ2) is 7.12. The molecule has 0 unspecified atom stereocenters. The van der Waals surface area contributed by atoms with E-state index in [4.69, 9.17) is 4.74 Å². The summed E-state index contributed by atoms with van der Waals surface area (Å²) in [5.41, 5.74) is 2.37. The van der Waals surface area contributed by atoms with Gasteiger partial charge in [-0.15, -0.1) is 0 Å². The molecule has 1 aliphatic carbocycles. The first-order chi connectivity index (χ1) is 11.6. The Balaban J connectivity index is 1.59. The van der Waals surface area contributed by atoms with Crippen LogP contribution in [0.3, 0.4) is 0 Å². The van der Waals surface area contributed by atoms with E-state index in [0.717, 1.165) is 24.8 Å². The monoisotopic (exact) mass is 326 g/mol. The number of nitrogens with zero attached hydrogens (tertiary/aromatic N) is 1. The van der Waals surface area contributed by atoms with Gasteiger partial charge in [0.25, 0.3) is 11.6 Å². The van der Waals surface area contributed by atoms with E-state index in [1.54, 1.807) is 6.07 Å². The Morgan fingerprint density at radius 1 is 1.25 bits per heavy atom. The second-order valence-corrected chi connectivity index (χ2v) is 5.75. The van der Waals surface area contributed by atoms with Crippen molar-refractivity contribution in [2.24, 2.45) is 0 Å². The van der Waals surface area contributed by atoms with E-state index in [2.05, 4.69) is 11.4 Å². The van der Waals surface area contributed by atoms with Crippen LogP contribution in [0.1, 0.15) is 30.0 Å². The van der Waals surface area contributed by atoms with Crippen molar-refractivity contribution >= 4 is 11.6 Å². The summed E-state index contributed by atoms with van der Waals surface area (Å²) in [4.78, 5) is 22.4. The van der Waals surface area contributed by atoms with Gasteiger partial charge in [-0.2, -0.15) is 0 Å². The molecule has 0 fully saturated rings. The normalized spacial score (nSPS) is 16.1. The number of hydrogen-bond acceptors (Lipinski definition) is 4. The number of fused-ring (bicyclic) bond motifs is 1. The third kappa shape index (κ3) is 3.71. The maximum absolute atomic E-state index is 12.1. The summed E-state index contributed by atoms with van der Waals surface area (Å²) in [6.45, 7) is -0.167. The average Bonchev–Trinajstić information content (AvgIpc) is 2.60. The van der Waals surface area contributed by atoms with Crippen LogP contribution >= 0.6 is 0 Å². The Morgan fingerprint density at radius 2 is 2.08 bits per heavy atom. The van der Waals surface area contributed by atoms with Gasteiger partial charge >= 0.3 is 0 Å². The number of aryl methyl sites for hydroxylation is 1. The number of carbonyl (C=O) groups excluding carboxylic acids is 1. The van der Waals surface area contributed by atoms with Crippen LogP contribution in [0.4, 0.5) is 5.69 Å². The lowest BCUT2D eigenvalue weighted by Gasteiger charge is -2.26.